The number of nitrogens with zero attached hydrogens (tertiary/aromatic N) is 1. The van der Waals surface area contributed by atoms with E-state index >= 15 is 0 Å². The third kappa shape index (κ3) is 3.50. The Labute approximate surface area is 118 Å². The zero-order valence-electron chi connectivity index (χ0n) is 10.9. The van der Waals surface area contributed by atoms with E-state index in [0.717, 1.165) is 30.5 Å². The number of carbonyl (C=O) groups is 1. The van der Waals surface area contributed by atoms with Gasteiger partial charge in [0, 0.05) is 6.07 Å². The molecule has 0 atom stereocenters. The van der Waals surface area contributed by atoms with Crippen LogP contribution in [0.15, 0.2) is 30.5 Å². The molecular formula is C14H10F3NO3. The zero-order chi connectivity index (χ0) is 15.4. The molecule has 0 N–H and O–H groups in total. The van der Waals surface area contributed by atoms with Crippen LogP contribution in [0.25, 0.3) is 0 Å². The molecule has 0 unspecified atom stereocenters. The Kier molecular flexibility index (Phi) is 4.42. The molecular weight excluding hydrogens is 289 g/mol. The Balaban J connectivity index is 2.34. The van der Waals surface area contributed by atoms with Crippen molar-refractivity contribution in [3.05, 3.63) is 53.5 Å². The summed E-state index contributed by atoms with van der Waals surface area (Å²) in [7, 11) is 0. The van der Waals surface area contributed by atoms with E-state index in [2.05, 4.69) is 4.98 Å². The molecule has 0 amide bonds. The van der Waals surface area contributed by atoms with Crippen LogP contribution in [-0.2, 0) is 4.74 Å². The summed E-state index contributed by atoms with van der Waals surface area (Å²) in [6, 6.07) is 3.69. The Morgan fingerprint density at radius 3 is 2.67 bits per heavy atom. The minimum Gasteiger partial charge on any atom is -0.462 e. The van der Waals surface area contributed by atoms with Gasteiger partial charge in [0.1, 0.15) is 17.1 Å². The Morgan fingerprint density at radius 1 is 1.24 bits per heavy atom. The Morgan fingerprint density at radius 2 is 2.00 bits per heavy atom. The predicted molar refractivity (Wildman–Crippen MR) is 66.6 cm³/mol. The second-order valence-electron chi connectivity index (χ2n) is 3.90. The molecule has 1 aromatic heterocycles. The molecule has 21 heavy (non-hydrogen) atoms. The third-order valence-electron chi connectivity index (χ3n) is 2.42. The highest BCUT2D eigenvalue weighted by Crippen LogP contribution is 2.25. The van der Waals surface area contributed by atoms with Crippen molar-refractivity contribution in [2.24, 2.45) is 0 Å². The number of rotatable bonds is 4. The van der Waals surface area contributed by atoms with Crippen molar-refractivity contribution in [1.82, 2.24) is 4.98 Å². The topological polar surface area (TPSA) is 48.4 Å². The highest BCUT2D eigenvalue weighted by atomic mass is 19.2. The monoisotopic (exact) mass is 299 g/mol. The lowest BCUT2D eigenvalue weighted by Gasteiger charge is -2.09. The van der Waals surface area contributed by atoms with Crippen LogP contribution in [0.4, 0.5) is 13.2 Å². The van der Waals surface area contributed by atoms with E-state index in [1.165, 1.54) is 0 Å². The molecule has 0 saturated carbocycles. The second kappa shape index (κ2) is 6.25. The lowest BCUT2D eigenvalue weighted by atomic mass is 10.3. The number of esters is 1. The molecule has 0 spiro atoms. The van der Waals surface area contributed by atoms with Crippen molar-refractivity contribution < 1.29 is 27.4 Å². The largest absolute Gasteiger partial charge is 0.462 e. The molecule has 0 saturated heterocycles. The molecule has 0 aliphatic heterocycles. The molecule has 0 radical (unpaired) electrons. The van der Waals surface area contributed by atoms with Gasteiger partial charge in [-0.25, -0.2) is 22.9 Å². The number of pyridine rings is 1. The molecule has 0 fully saturated rings. The first-order chi connectivity index (χ1) is 10.0. The summed E-state index contributed by atoms with van der Waals surface area (Å²) in [5.74, 6) is -4.09. The number of benzene rings is 1. The van der Waals surface area contributed by atoms with Gasteiger partial charge in [-0.15, -0.1) is 0 Å². The number of carbonyl (C=O) groups excluding carboxylic acids is 1. The first-order valence-electron chi connectivity index (χ1n) is 5.97. The standard InChI is InChI=1S/C14H10F3NO3/c1-2-20-14(19)10-5-8(15)7-18-13(10)21-9-3-4-11(16)12(17)6-9/h3-7H,2H2,1H3/i13+2. The summed E-state index contributed by atoms with van der Waals surface area (Å²) in [5.41, 5.74) is -0.249. The van der Waals surface area contributed by atoms with Crippen LogP contribution < -0.4 is 4.74 Å². The van der Waals surface area contributed by atoms with Gasteiger partial charge in [0.05, 0.1) is 12.8 Å². The molecule has 7 heteroatoms. The lowest BCUT2D eigenvalue weighted by Crippen LogP contribution is -2.08. The van der Waals surface area contributed by atoms with Gasteiger partial charge < -0.3 is 9.47 Å². The van der Waals surface area contributed by atoms with Crippen LogP contribution in [0.5, 0.6) is 11.6 Å². The fourth-order valence-corrected chi connectivity index (χ4v) is 1.52. The lowest BCUT2D eigenvalue weighted by molar-refractivity contribution is 0.0522. The van der Waals surface area contributed by atoms with Crippen LogP contribution in [0.2, 0.25) is 0 Å². The highest BCUT2D eigenvalue weighted by Gasteiger charge is 2.17. The minimum atomic E-state index is -1.12. The average molecular weight is 299 g/mol. The van der Waals surface area contributed by atoms with E-state index in [1.807, 2.05) is 0 Å². The average Bonchev–Trinajstić information content (AvgIpc) is 2.45. The summed E-state index contributed by atoms with van der Waals surface area (Å²) >= 11 is 0. The van der Waals surface area contributed by atoms with Crippen molar-refractivity contribution in [2.75, 3.05) is 6.61 Å². The number of aromatic nitrogens is 1. The molecule has 0 aliphatic carbocycles. The number of ether oxygens (including phenoxy) is 2. The van der Waals surface area contributed by atoms with Gasteiger partial charge in [0.25, 0.3) is 0 Å². The second-order valence-corrected chi connectivity index (χ2v) is 3.90. The van der Waals surface area contributed by atoms with Crippen molar-refractivity contribution >= 4 is 5.97 Å². The Bertz CT molecular complexity index is 677. The van der Waals surface area contributed by atoms with E-state index in [-0.39, 0.29) is 23.8 Å². The SMILES string of the molecule is CCOC(=O)c1cc(F)cn[14c]1Oc1ccc(F)c(F)c1. The van der Waals surface area contributed by atoms with Crippen LogP contribution in [0.3, 0.4) is 0 Å². The first-order valence-corrected chi connectivity index (χ1v) is 5.97. The van der Waals surface area contributed by atoms with Crippen molar-refractivity contribution in [3.8, 4) is 11.6 Å². The van der Waals surface area contributed by atoms with E-state index < -0.39 is 23.4 Å². The van der Waals surface area contributed by atoms with Gasteiger partial charge in [0.15, 0.2) is 11.6 Å². The van der Waals surface area contributed by atoms with Gasteiger partial charge in [0.2, 0.25) is 5.88 Å². The number of hydrogen-bond acceptors (Lipinski definition) is 4. The van der Waals surface area contributed by atoms with Crippen LogP contribution in [-0.4, -0.2) is 17.6 Å². The normalized spacial score (nSPS) is 10.3. The number of hydrogen-bond donors (Lipinski definition) is 0. The van der Waals surface area contributed by atoms with Gasteiger partial charge >= 0.3 is 5.97 Å². The van der Waals surface area contributed by atoms with Gasteiger partial charge in [-0.05, 0) is 25.1 Å². The quantitative estimate of drug-likeness (QED) is 0.811. The third-order valence-corrected chi connectivity index (χ3v) is 2.42. The molecule has 0 aliphatic rings. The van der Waals surface area contributed by atoms with E-state index in [9.17, 15) is 18.0 Å². The molecule has 110 valence electrons. The summed E-state index contributed by atoms with van der Waals surface area (Å²) in [6.45, 7) is 1.67. The first kappa shape index (κ1) is 14.8. The minimum absolute atomic E-state index is 0.0833. The summed E-state index contributed by atoms with van der Waals surface area (Å²) in [5, 5.41) is 0. The van der Waals surface area contributed by atoms with Gasteiger partial charge in [-0.2, -0.15) is 0 Å². The van der Waals surface area contributed by atoms with Gasteiger partial charge in [-0.3, -0.25) is 0 Å². The van der Waals surface area contributed by atoms with E-state index in [1.54, 1.807) is 6.92 Å². The predicted octanol–water partition coefficient (Wildman–Crippen LogP) is 3.47. The molecule has 2 rings (SSSR count). The molecule has 1 aromatic carbocycles. The highest BCUT2D eigenvalue weighted by molar-refractivity contribution is 5.91. The van der Waals surface area contributed by atoms with Crippen LogP contribution >= 0.6 is 0 Å². The molecule has 1 heterocycles. The summed E-state index contributed by atoms with van der Waals surface area (Å²) in [4.78, 5) is 15.3. The van der Waals surface area contributed by atoms with Gasteiger partial charge in [-0.1, -0.05) is 0 Å². The van der Waals surface area contributed by atoms with Crippen molar-refractivity contribution in [2.45, 2.75) is 6.92 Å². The Hall–Kier alpha value is -2.57. The van der Waals surface area contributed by atoms with Crippen molar-refractivity contribution in [3.63, 3.8) is 0 Å². The molecule has 2 aromatic rings. The zero-order valence-corrected chi connectivity index (χ0v) is 10.9. The van der Waals surface area contributed by atoms with Crippen molar-refractivity contribution in [1.29, 1.82) is 0 Å². The van der Waals surface area contributed by atoms with Crippen LogP contribution in [0.1, 0.15) is 17.3 Å². The smallest absolute Gasteiger partial charge is 0.343 e. The molecule has 4 nitrogen and oxygen atoms in total. The maximum Gasteiger partial charge on any atom is 0.343 e. The summed E-state index contributed by atoms with van der Waals surface area (Å²) in [6.07, 6.45) is 0.831. The maximum atomic E-state index is 13.2. The fraction of sp³-hybridized carbons (Fsp3) is 0.143. The fourth-order valence-electron chi connectivity index (χ4n) is 1.52. The number of halogens is 3. The van der Waals surface area contributed by atoms with E-state index in [0.29, 0.717) is 0 Å². The maximum absolute atomic E-state index is 13.2. The van der Waals surface area contributed by atoms with E-state index in [4.69, 9.17) is 9.47 Å². The van der Waals surface area contributed by atoms with Crippen LogP contribution in [0, 0.1) is 17.5 Å². The summed E-state index contributed by atoms with van der Waals surface area (Å²) < 4.78 is 49.0. The molecule has 0 bridgehead atoms.